The van der Waals surface area contributed by atoms with E-state index in [4.69, 9.17) is 4.42 Å². The van der Waals surface area contributed by atoms with Gasteiger partial charge in [-0.2, -0.15) is 0 Å². The predicted molar refractivity (Wildman–Crippen MR) is 201 cm³/mol. The van der Waals surface area contributed by atoms with Crippen molar-refractivity contribution in [3.63, 3.8) is 0 Å². The van der Waals surface area contributed by atoms with Gasteiger partial charge in [-0.3, -0.25) is 0 Å². The van der Waals surface area contributed by atoms with Crippen LogP contribution in [0.25, 0.3) is 55.6 Å². The van der Waals surface area contributed by atoms with Gasteiger partial charge in [-0.05, 0) is 52.9 Å². The van der Waals surface area contributed by atoms with Gasteiger partial charge < -0.3 is 14.4 Å². The molecule has 245 valence electrons. The van der Waals surface area contributed by atoms with Crippen molar-refractivity contribution in [3.05, 3.63) is 139 Å². The summed E-state index contributed by atoms with van der Waals surface area (Å²) < 4.78 is 6.38. The Bertz CT molecular complexity index is 2130. The van der Waals surface area contributed by atoms with Crippen LogP contribution in [-0.4, -0.2) is 18.0 Å². The molecule has 3 aromatic heterocycles. The molecular weight excluding hydrogens is 781 g/mol. The van der Waals surface area contributed by atoms with Crippen molar-refractivity contribution >= 4 is 35.2 Å². The third-order valence-corrected chi connectivity index (χ3v) is 11.1. The average Bonchev–Trinajstić information content (AvgIpc) is 3.48. The van der Waals surface area contributed by atoms with E-state index in [-0.39, 0.29) is 20.1 Å². The number of para-hydroxylation sites is 1. The molecule has 0 N–H and O–H groups in total. The van der Waals surface area contributed by atoms with Crippen LogP contribution in [0.15, 0.2) is 120 Å². The zero-order chi connectivity index (χ0) is 33.1. The molecule has 0 aliphatic rings. The number of aryl methyl sites for hydroxylation is 1. The summed E-state index contributed by atoms with van der Waals surface area (Å²) >= 11 is 0. The molecule has 0 aliphatic heterocycles. The van der Waals surface area contributed by atoms with Crippen LogP contribution in [0.4, 0.5) is 0 Å². The van der Waals surface area contributed by atoms with E-state index >= 15 is 0 Å². The van der Waals surface area contributed by atoms with Crippen molar-refractivity contribution in [2.45, 2.75) is 53.3 Å². The first kappa shape index (κ1) is 35.2. The fourth-order valence-electron chi connectivity index (χ4n) is 6.10. The summed E-state index contributed by atoms with van der Waals surface area (Å²) in [5.41, 5.74) is 10.6. The van der Waals surface area contributed by atoms with Gasteiger partial charge in [0.05, 0.1) is 13.7 Å². The van der Waals surface area contributed by atoms with Crippen molar-refractivity contribution in [2.75, 3.05) is 0 Å². The molecule has 0 bridgehead atoms. The van der Waals surface area contributed by atoms with E-state index in [1.54, 1.807) is 0 Å². The maximum absolute atomic E-state index is 6.38. The molecule has 0 aliphatic carbocycles. The smallest absolute Gasteiger partial charge is 0.120 e. The van der Waals surface area contributed by atoms with E-state index in [0.29, 0.717) is 11.8 Å². The Labute approximate surface area is 299 Å². The van der Waals surface area contributed by atoms with Crippen molar-refractivity contribution in [1.29, 1.82) is 0 Å². The Balaban J connectivity index is 0.000000214. The Morgan fingerprint density at radius 2 is 1.50 bits per heavy atom. The van der Waals surface area contributed by atoms with Gasteiger partial charge in [0, 0.05) is 37.9 Å². The van der Waals surface area contributed by atoms with Crippen LogP contribution in [-0.2, 0) is 20.1 Å². The van der Waals surface area contributed by atoms with Gasteiger partial charge in [0.2, 0.25) is 0 Å². The second kappa shape index (κ2) is 14.9. The first-order valence-corrected chi connectivity index (χ1v) is 19.9. The van der Waals surface area contributed by atoms with Crippen molar-refractivity contribution in [1.82, 2.24) is 9.97 Å². The van der Waals surface area contributed by atoms with Crippen LogP contribution in [0.2, 0.25) is 19.6 Å². The van der Waals surface area contributed by atoms with Gasteiger partial charge in [0.1, 0.15) is 5.58 Å². The molecule has 0 saturated heterocycles. The molecule has 3 nitrogen and oxygen atoms in total. The number of aromatic nitrogens is 2. The molecule has 0 amide bonds. The summed E-state index contributed by atoms with van der Waals surface area (Å²) in [6, 6.07) is 41.9. The van der Waals surface area contributed by atoms with Gasteiger partial charge in [0.25, 0.3) is 0 Å². The van der Waals surface area contributed by atoms with Crippen LogP contribution in [0, 0.1) is 25.0 Å². The van der Waals surface area contributed by atoms with Gasteiger partial charge in [-0.15, -0.1) is 48.0 Å². The van der Waals surface area contributed by atoms with E-state index in [0.717, 1.165) is 55.6 Å². The summed E-state index contributed by atoms with van der Waals surface area (Å²) in [6.07, 6.45) is 3.95. The molecule has 1 atom stereocenters. The molecule has 0 fully saturated rings. The number of pyridine rings is 2. The minimum Gasteiger partial charge on any atom is -0.501 e. The Morgan fingerprint density at radius 1 is 0.771 bits per heavy atom. The Kier molecular flexibility index (Phi) is 10.9. The third-order valence-electron chi connectivity index (χ3n) is 9.01. The van der Waals surface area contributed by atoms with Crippen LogP contribution in [0.3, 0.4) is 0 Å². The summed E-state index contributed by atoms with van der Waals surface area (Å²) in [4.78, 5) is 9.26. The topological polar surface area (TPSA) is 38.9 Å². The molecule has 0 saturated carbocycles. The zero-order valence-electron chi connectivity index (χ0n) is 28.8. The summed E-state index contributed by atoms with van der Waals surface area (Å²) in [6.45, 7) is 16.0. The van der Waals surface area contributed by atoms with Crippen molar-refractivity contribution in [2.24, 2.45) is 5.92 Å². The van der Waals surface area contributed by atoms with E-state index in [1.807, 2.05) is 42.6 Å². The van der Waals surface area contributed by atoms with Crippen LogP contribution >= 0.6 is 0 Å². The molecule has 48 heavy (non-hydrogen) atoms. The molecular formula is C43H42IrN2OSi-2. The second-order valence-electron chi connectivity index (χ2n) is 13.7. The number of rotatable bonds is 6. The van der Waals surface area contributed by atoms with Crippen molar-refractivity contribution in [3.8, 4) is 33.6 Å². The molecule has 0 spiro atoms. The number of benzene rings is 4. The number of hydrogen-bond donors (Lipinski definition) is 0. The van der Waals surface area contributed by atoms with Crippen LogP contribution in [0.5, 0.6) is 0 Å². The molecule has 5 heteroatoms. The maximum Gasteiger partial charge on any atom is 0.120 e. The summed E-state index contributed by atoms with van der Waals surface area (Å²) in [5, 5.41) is 3.68. The number of nitrogens with zero attached hydrogens (tertiary/aromatic N) is 2. The zero-order valence-corrected chi connectivity index (χ0v) is 32.2. The largest absolute Gasteiger partial charge is 0.501 e. The monoisotopic (exact) mass is 823 g/mol. The average molecular weight is 823 g/mol. The normalized spacial score (nSPS) is 12.0. The van der Waals surface area contributed by atoms with Crippen molar-refractivity contribution < 1.29 is 24.5 Å². The van der Waals surface area contributed by atoms with Gasteiger partial charge >= 0.3 is 0 Å². The molecule has 7 rings (SSSR count). The molecule has 4 aromatic carbocycles. The molecule has 1 radical (unpaired) electrons. The number of hydrogen-bond acceptors (Lipinski definition) is 3. The van der Waals surface area contributed by atoms with E-state index in [9.17, 15) is 0 Å². The minimum atomic E-state index is -1.27. The first-order valence-electron chi connectivity index (χ1n) is 16.4. The minimum absolute atomic E-state index is 0. The third kappa shape index (κ3) is 7.44. The second-order valence-corrected chi connectivity index (χ2v) is 18.7. The fourth-order valence-corrected chi connectivity index (χ4v) is 7.81. The first-order chi connectivity index (χ1) is 22.6. The molecule has 7 aromatic rings. The van der Waals surface area contributed by atoms with E-state index in [2.05, 4.69) is 142 Å². The SMILES string of the molecule is CC(C)C(C)c1ccnc(-c2[c-]cc(-c3ccccc3)c3c2oc2ccccc23)c1.Cc1cc(-c2[c-]cccc2)ncc1[Si](C)(C)C.[Ir]. The predicted octanol–water partition coefficient (Wildman–Crippen LogP) is 11.3. The van der Waals surface area contributed by atoms with Gasteiger partial charge in [-0.1, -0.05) is 129 Å². The van der Waals surface area contributed by atoms with Crippen LogP contribution in [0.1, 0.15) is 37.8 Å². The summed E-state index contributed by atoms with van der Waals surface area (Å²) in [5.74, 6) is 1.03. The number of fused-ring (bicyclic) bond motifs is 3. The Hall–Kier alpha value is -4.15. The fraction of sp³-hybridized carbons (Fsp3) is 0.209. The number of furan rings is 1. The summed E-state index contributed by atoms with van der Waals surface area (Å²) in [7, 11) is -1.27. The van der Waals surface area contributed by atoms with E-state index in [1.165, 1.54) is 16.3 Å². The Morgan fingerprint density at radius 3 is 2.19 bits per heavy atom. The quantitative estimate of drug-likeness (QED) is 0.124. The van der Waals surface area contributed by atoms with Gasteiger partial charge in [-0.25, -0.2) is 0 Å². The van der Waals surface area contributed by atoms with Crippen LogP contribution < -0.4 is 5.19 Å². The van der Waals surface area contributed by atoms with Gasteiger partial charge in [0.15, 0.2) is 0 Å². The molecule has 1 unspecified atom stereocenters. The maximum atomic E-state index is 6.38. The van der Waals surface area contributed by atoms with E-state index < -0.39 is 8.07 Å². The molecule has 3 heterocycles. The standard InChI is InChI=1S/C28H24NO.C15H18NSi.Ir/c1-18(2)19(3)21-15-16-29-25(17-21)23-14-13-22(20-9-5-4-6-10-20)27-24-11-7-8-12-26(24)30-28(23)27;1-12-10-14(13-8-6-5-7-9-13)16-11-15(12)17(2,3)4;/h4-13,15-19H,1-3H3;5-8,10-11H,1-4H3;/q2*-1;.